The summed E-state index contributed by atoms with van der Waals surface area (Å²) in [5.41, 5.74) is 1.36. The molecule has 1 aromatic heterocycles. The first-order valence-corrected chi connectivity index (χ1v) is 11.1. The summed E-state index contributed by atoms with van der Waals surface area (Å²) in [7, 11) is 1.60. The van der Waals surface area contributed by atoms with Crippen LogP contribution in [0.3, 0.4) is 0 Å². The van der Waals surface area contributed by atoms with Crippen LogP contribution >= 0.6 is 11.6 Å². The van der Waals surface area contributed by atoms with E-state index >= 15 is 0 Å². The van der Waals surface area contributed by atoms with Gasteiger partial charge in [-0.15, -0.1) is 0 Å². The van der Waals surface area contributed by atoms with Crippen molar-refractivity contribution in [2.45, 2.75) is 20.0 Å². The van der Waals surface area contributed by atoms with E-state index in [0.29, 0.717) is 17.3 Å². The van der Waals surface area contributed by atoms with Crippen molar-refractivity contribution in [1.29, 1.82) is 0 Å². The van der Waals surface area contributed by atoms with E-state index in [0.717, 1.165) is 25.9 Å². The van der Waals surface area contributed by atoms with E-state index in [4.69, 9.17) is 11.6 Å². The molecule has 0 bridgehead atoms. The number of carbonyl (C=O) groups is 1. The van der Waals surface area contributed by atoms with E-state index in [2.05, 4.69) is 5.10 Å². The molecule has 0 N–H and O–H groups in total. The third kappa shape index (κ3) is 5.00. The monoisotopic (exact) mass is 474 g/mol. The Kier molecular flexibility index (Phi) is 6.75. The fraction of sp³-hybridized carbons (Fsp3) is 0.154. The van der Waals surface area contributed by atoms with Crippen molar-refractivity contribution in [2.24, 2.45) is 0 Å². The molecule has 0 radical (unpaired) electrons. The number of rotatable bonds is 6. The van der Waals surface area contributed by atoms with Gasteiger partial charge in [-0.3, -0.25) is 14.2 Å². The minimum atomic E-state index is -0.735. The lowest BCUT2D eigenvalue weighted by Gasteiger charge is -2.18. The summed E-state index contributed by atoms with van der Waals surface area (Å²) >= 11 is 5.99. The Bertz CT molecular complexity index is 1440. The maximum absolute atomic E-state index is 13.3. The van der Waals surface area contributed by atoms with E-state index < -0.39 is 17.2 Å². The van der Waals surface area contributed by atoms with Crippen LogP contribution in [0, 0.1) is 6.92 Å². The van der Waals surface area contributed by atoms with Gasteiger partial charge in [0.05, 0.1) is 12.2 Å². The summed E-state index contributed by atoms with van der Waals surface area (Å²) < 4.78 is 2.11. The van der Waals surface area contributed by atoms with Crippen molar-refractivity contribution in [3.63, 3.8) is 0 Å². The summed E-state index contributed by atoms with van der Waals surface area (Å²) in [5.74, 6) is -0.574. The average Bonchev–Trinajstić information content (AvgIpc) is 2.83. The van der Waals surface area contributed by atoms with Crippen LogP contribution in [-0.2, 0) is 13.1 Å². The lowest BCUT2D eigenvalue weighted by molar-refractivity contribution is 0.0773. The van der Waals surface area contributed by atoms with Crippen molar-refractivity contribution in [1.82, 2.24) is 19.2 Å². The molecular weight excluding hydrogens is 452 g/mol. The maximum Gasteiger partial charge on any atom is 0.352 e. The third-order valence-electron chi connectivity index (χ3n) is 5.37. The summed E-state index contributed by atoms with van der Waals surface area (Å²) in [6, 6.07) is 23.4. The zero-order chi connectivity index (χ0) is 24.2. The summed E-state index contributed by atoms with van der Waals surface area (Å²) in [6.07, 6.45) is 0. The predicted octanol–water partition coefficient (Wildman–Crippen LogP) is 3.68. The largest absolute Gasteiger partial charge is 0.352 e. The highest BCUT2D eigenvalue weighted by molar-refractivity contribution is 6.30. The van der Waals surface area contributed by atoms with Gasteiger partial charge in [0.25, 0.3) is 11.5 Å². The smallest absolute Gasteiger partial charge is 0.336 e. The number of carbonyl (C=O) groups excluding carboxylic acids is 1. The van der Waals surface area contributed by atoms with Gasteiger partial charge in [-0.25, -0.2) is 4.79 Å². The number of hydrogen-bond acceptors (Lipinski definition) is 4. The number of aromatic nitrogens is 3. The molecule has 3 aromatic carbocycles. The Morgan fingerprint density at radius 1 is 0.941 bits per heavy atom. The molecule has 0 saturated heterocycles. The maximum atomic E-state index is 13.3. The first-order chi connectivity index (χ1) is 16.3. The molecule has 0 spiro atoms. The SMILES string of the molecule is Cc1cccc(Cn2c(=O)c(C(=O)N(C)Cc3ccccc3)nn(-c3ccc(Cl)cc3)c2=O)c1. The molecule has 1 amide bonds. The van der Waals surface area contributed by atoms with E-state index in [1.807, 2.05) is 61.5 Å². The molecule has 7 nitrogen and oxygen atoms in total. The van der Waals surface area contributed by atoms with Crippen LogP contribution in [0.1, 0.15) is 27.2 Å². The second kappa shape index (κ2) is 9.89. The number of amides is 1. The highest BCUT2D eigenvalue weighted by atomic mass is 35.5. The molecule has 0 aliphatic rings. The molecule has 0 fully saturated rings. The number of hydrogen-bond donors (Lipinski definition) is 0. The standard InChI is InChI=1S/C26H23ClN4O3/c1-18-7-6-10-20(15-18)17-30-25(33)23(24(32)29(2)16-19-8-4-3-5-9-19)28-31(26(30)34)22-13-11-21(27)12-14-22/h3-15H,16-17H2,1-2H3. The molecule has 1 heterocycles. The third-order valence-corrected chi connectivity index (χ3v) is 5.62. The zero-order valence-electron chi connectivity index (χ0n) is 18.8. The van der Waals surface area contributed by atoms with Gasteiger partial charge in [-0.2, -0.15) is 9.78 Å². The van der Waals surface area contributed by atoms with Crippen LogP contribution in [0.15, 0.2) is 88.5 Å². The molecule has 0 unspecified atom stereocenters. The van der Waals surface area contributed by atoms with Gasteiger partial charge in [-0.05, 0) is 42.3 Å². The molecule has 0 aliphatic carbocycles. The van der Waals surface area contributed by atoms with Gasteiger partial charge in [0, 0.05) is 18.6 Å². The van der Waals surface area contributed by atoms with Crippen LogP contribution < -0.4 is 11.2 Å². The molecule has 172 valence electrons. The van der Waals surface area contributed by atoms with Crippen LogP contribution in [0.2, 0.25) is 5.02 Å². The van der Waals surface area contributed by atoms with E-state index in [9.17, 15) is 14.4 Å². The predicted molar refractivity (Wildman–Crippen MR) is 132 cm³/mol. The van der Waals surface area contributed by atoms with Crippen LogP contribution in [0.4, 0.5) is 0 Å². The first-order valence-electron chi connectivity index (χ1n) is 10.7. The quantitative estimate of drug-likeness (QED) is 0.427. The van der Waals surface area contributed by atoms with E-state index in [1.165, 1.54) is 4.90 Å². The Morgan fingerprint density at radius 3 is 2.29 bits per heavy atom. The molecule has 4 rings (SSSR count). The second-order valence-electron chi connectivity index (χ2n) is 8.05. The lowest BCUT2D eigenvalue weighted by atomic mass is 10.1. The van der Waals surface area contributed by atoms with Crippen molar-refractivity contribution >= 4 is 17.5 Å². The van der Waals surface area contributed by atoms with Crippen molar-refractivity contribution in [3.05, 3.63) is 127 Å². The second-order valence-corrected chi connectivity index (χ2v) is 8.48. The number of halogens is 1. The van der Waals surface area contributed by atoms with Gasteiger partial charge in [0.15, 0.2) is 0 Å². The lowest BCUT2D eigenvalue weighted by Crippen LogP contribution is -2.46. The number of benzene rings is 3. The zero-order valence-corrected chi connectivity index (χ0v) is 19.6. The van der Waals surface area contributed by atoms with Gasteiger partial charge >= 0.3 is 5.69 Å². The highest BCUT2D eigenvalue weighted by Crippen LogP contribution is 2.12. The Morgan fingerprint density at radius 2 is 1.62 bits per heavy atom. The minimum absolute atomic E-state index is 0.0120. The van der Waals surface area contributed by atoms with Crippen LogP contribution in [-0.4, -0.2) is 32.2 Å². The molecule has 4 aromatic rings. The topological polar surface area (TPSA) is 77.2 Å². The Balaban J connectivity index is 1.82. The molecule has 0 aliphatic heterocycles. The summed E-state index contributed by atoms with van der Waals surface area (Å²) in [4.78, 5) is 41.3. The van der Waals surface area contributed by atoms with Crippen molar-refractivity contribution in [3.8, 4) is 5.69 Å². The highest BCUT2D eigenvalue weighted by Gasteiger charge is 2.23. The fourth-order valence-corrected chi connectivity index (χ4v) is 3.77. The molecule has 8 heteroatoms. The Labute approximate surface area is 201 Å². The summed E-state index contributed by atoms with van der Waals surface area (Å²) in [6.45, 7) is 2.23. The molecular formula is C26H23ClN4O3. The van der Waals surface area contributed by atoms with E-state index in [1.54, 1.807) is 31.3 Å². The number of aryl methyl sites for hydroxylation is 1. The van der Waals surface area contributed by atoms with Gasteiger partial charge in [0.1, 0.15) is 0 Å². The van der Waals surface area contributed by atoms with Crippen molar-refractivity contribution in [2.75, 3.05) is 7.05 Å². The molecule has 34 heavy (non-hydrogen) atoms. The minimum Gasteiger partial charge on any atom is -0.336 e. The normalized spacial score (nSPS) is 10.8. The van der Waals surface area contributed by atoms with Gasteiger partial charge < -0.3 is 4.90 Å². The average molecular weight is 475 g/mol. The van der Waals surface area contributed by atoms with Gasteiger partial charge in [-0.1, -0.05) is 71.8 Å². The van der Waals surface area contributed by atoms with Crippen LogP contribution in [0.25, 0.3) is 5.69 Å². The summed E-state index contributed by atoms with van der Waals surface area (Å²) in [5, 5.41) is 4.68. The Hall–Kier alpha value is -3.97. The van der Waals surface area contributed by atoms with Crippen molar-refractivity contribution < 1.29 is 4.79 Å². The first kappa shape index (κ1) is 23.2. The molecule has 0 saturated carbocycles. The van der Waals surface area contributed by atoms with E-state index in [-0.39, 0.29) is 12.2 Å². The number of nitrogens with zero attached hydrogens (tertiary/aromatic N) is 4. The fourth-order valence-electron chi connectivity index (χ4n) is 3.64. The van der Waals surface area contributed by atoms with Crippen LogP contribution in [0.5, 0.6) is 0 Å². The molecule has 0 atom stereocenters. The van der Waals surface area contributed by atoms with Gasteiger partial charge in [0.2, 0.25) is 5.69 Å².